The van der Waals surface area contributed by atoms with E-state index in [0.717, 1.165) is 11.3 Å². The first-order valence-corrected chi connectivity index (χ1v) is 9.39. The normalized spacial score (nSPS) is 10.7. The minimum atomic E-state index is -0.477. The molecule has 27 heavy (non-hydrogen) atoms. The highest BCUT2D eigenvalue weighted by molar-refractivity contribution is 7.16. The molecule has 0 bridgehead atoms. The molecular weight excluding hydrogens is 366 g/mol. The number of hydrogen-bond acceptors (Lipinski definition) is 6. The summed E-state index contributed by atoms with van der Waals surface area (Å²) in [5.41, 5.74) is 1.17. The molecule has 0 spiro atoms. The number of fused-ring (bicyclic) bond motifs is 1. The molecule has 3 rings (SSSR count). The van der Waals surface area contributed by atoms with E-state index < -0.39 is 11.9 Å². The van der Waals surface area contributed by atoms with Crippen LogP contribution in [0.4, 0.5) is 5.00 Å². The molecule has 0 aliphatic rings. The molecule has 0 saturated heterocycles. The molecule has 2 heterocycles. The van der Waals surface area contributed by atoms with E-state index in [9.17, 15) is 14.4 Å². The third-order valence-electron chi connectivity index (χ3n) is 3.93. The average molecular weight is 385 g/mol. The smallest absolute Gasteiger partial charge is 0.341 e. The third kappa shape index (κ3) is 4.06. The molecular formula is C19H19N3O4S. The van der Waals surface area contributed by atoms with Crippen LogP contribution in [0.25, 0.3) is 11.0 Å². The monoisotopic (exact) mass is 385 g/mol. The van der Waals surface area contributed by atoms with Crippen molar-refractivity contribution in [2.24, 2.45) is 0 Å². The summed E-state index contributed by atoms with van der Waals surface area (Å²) in [5.74, 6) is -0.876. The van der Waals surface area contributed by atoms with Crippen LogP contribution in [0, 0.1) is 0 Å². The Morgan fingerprint density at radius 3 is 2.78 bits per heavy atom. The SMILES string of the molecule is CCOC(=O)c1cc(CC)sc1NC(=O)Cn1c(=O)cnc2ccccc21. The van der Waals surface area contributed by atoms with Crippen molar-refractivity contribution in [1.82, 2.24) is 9.55 Å². The largest absolute Gasteiger partial charge is 0.462 e. The summed E-state index contributed by atoms with van der Waals surface area (Å²) >= 11 is 1.33. The van der Waals surface area contributed by atoms with Gasteiger partial charge < -0.3 is 10.1 Å². The Balaban J connectivity index is 1.87. The second-order valence-corrected chi connectivity index (χ2v) is 6.89. The number of ether oxygens (including phenoxy) is 1. The van der Waals surface area contributed by atoms with Gasteiger partial charge >= 0.3 is 5.97 Å². The van der Waals surface area contributed by atoms with Crippen LogP contribution >= 0.6 is 11.3 Å². The fourth-order valence-electron chi connectivity index (χ4n) is 2.66. The zero-order chi connectivity index (χ0) is 19.4. The predicted octanol–water partition coefficient (Wildman–Crippen LogP) is 2.84. The molecule has 1 aromatic carbocycles. The van der Waals surface area contributed by atoms with E-state index in [1.165, 1.54) is 22.1 Å². The van der Waals surface area contributed by atoms with Crippen molar-refractivity contribution in [1.29, 1.82) is 0 Å². The van der Waals surface area contributed by atoms with Crippen molar-refractivity contribution in [2.75, 3.05) is 11.9 Å². The van der Waals surface area contributed by atoms with Crippen molar-refractivity contribution in [2.45, 2.75) is 26.8 Å². The van der Waals surface area contributed by atoms with Gasteiger partial charge in [-0.05, 0) is 31.5 Å². The molecule has 0 unspecified atom stereocenters. The fourth-order valence-corrected chi connectivity index (χ4v) is 3.66. The third-order valence-corrected chi connectivity index (χ3v) is 5.13. The number of aryl methyl sites for hydroxylation is 1. The number of nitrogens with zero attached hydrogens (tertiary/aromatic N) is 2. The first kappa shape index (κ1) is 18.8. The van der Waals surface area contributed by atoms with E-state index in [0.29, 0.717) is 21.6 Å². The lowest BCUT2D eigenvalue weighted by Gasteiger charge is -2.10. The van der Waals surface area contributed by atoms with Gasteiger partial charge in [-0.1, -0.05) is 19.1 Å². The molecule has 0 atom stereocenters. The highest BCUT2D eigenvalue weighted by Gasteiger charge is 2.19. The lowest BCUT2D eigenvalue weighted by Crippen LogP contribution is -2.28. The van der Waals surface area contributed by atoms with Gasteiger partial charge in [0.15, 0.2) is 0 Å². The number of hydrogen-bond donors (Lipinski definition) is 1. The molecule has 1 amide bonds. The number of rotatable bonds is 6. The average Bonchev–Trinajstić information content (AvgIpc) is 3.07. The van der Waals surface area contributed by atoms with Gasteiger partial charge in [0.25, 0.3) is 5.56 Å². The maximum absolute atomic E-state index is 12.6. The van der Waals surface area contributed by atoms with Crippen LogP contribution < -0.4 is 10.9 Å². The van der Waals surface area contributed by atoms with Crippen molar-refractivity contribution in [3.05, 3.63) is 57.3 Å². The van der Waals surface area contributed by atoms with Crippen molar-refractivity contribution >= 4 is 39.2 Å². The lowest BCUT2D eigenvalue weighted by molar-refractivity contribution is -0.116. The van der Waals surface area contributed by atoms with Crippen LogP contribution in [0.3, 0.4) is 0 Å². The molecule has 2 aromatic heterocycles. The summed E-state index contributed by atoms with van der Waals surface area (Å²) in [7, 11) is 0. The molecule has 3 aromatic rings. The molecule has 0 aliphatic heterocycles. The van der Waals surface area contributed by atoms with Crippen LogP contribution in [0.2, 0.25) is 0 Å². The topological polar surface area (TPSA) is 90.3 Å². The van der Waals surface area contributed by atoms with Crippen molar-refractivity contribution in [3.8, 4) is 0 Å². The number of aromatic nitrogens is 2. The number of nitrogens with one attached hydrogen (secondary N) is 1. The zero-order valence-electron chi connectivity index (χ0n) is 15.0. The Labute approximate surface area is 159 Å². The number of anilines is 1. The number of benzene rings is 1. The molecule has 140 valence electrons. The number of carbonyl (C=O) groups excluding carboxylic acids is 2. The molecule has 1 N–H and O–H groups in total. The first-order valence-electron chi connectivity index (χ1n) is 8.57. The maximum Gasteiger partial charge on any atom is 0.341 e. The second kappa shape index (κ2) is 8.13. The summed E-state index contributed by atoms with van der Waals surface area (Å²) in [4.78, 5) is 41.9. The van der Waals surface area contributed by atoms with Gasteiger partial charge in [-0.2, -0.15) is 0 Å². The number of carbonyl (C=O) groups is 2. The highest BCUT2D eigenvalue weighted by atomic mass is 32.1. The number of thiophene rings is 1. The molecule has 8 heteroatoms. The first-order chi connectivity index (χ1) is 13.0. The van der Waals surface area contributed by atoms with Gasteiger partial charge in [0, 0.05) is 4.88 Å². The Morgan fingerprint density at radius 1 is 1.26 bits per heavy atom. The Bertz CT molecular complexity index is 1050. The predicted molar refractivity (Wildman–Crippen MR) is 104 cm³/mol. The minimum Gasteiger partial charge on any atom is -0.462 e. The summed E-state index contributed by atoms with van der Waals surface area (Å²) in [6.07, 6.45) is 1.93. The number of para-hydroxylation sites is 2. The van der Waals surface area contributed by atoms with E-state index in [2.05, 4.69) is 10.3 Å². The van der Waals surface area contributed by atoms with Crippen LogP contribution in [0.5, 0.6) is 0 Å². The minimum absolute atomic E-state index is 0.177. The van der Waals surface area contributed by atoms with Gasteiger partial charge in [-0.15, -0.1) is 11.3 Å². The quantitative estimate of drug-likeness (QED) is 0.659. The lowest BCUT2D eigenvalue weighted by atomic mass is 10.2. The fraction of sp³-hybridized carbons (Fsp3) is 0.263. The summed E-state index contributed by atoms with van der Waals surface area (Å²) in [6.45, 7) is 3.77. The van der Waals surface area contributed by atoms with Crippen molar-refractivity contribution in [3.63, 3.8) is 0 Å². The van der Waals surface area contributed by atoms with Gasteiger partial charge in [-0.3, -0.25) is 14.2 Å². The van der Waals surface area contributed by atoms with Crippen LogP contribution in [-0.4, -0.2) is 28.0 Å². The molecule has 0 radical (unpaired) electrons. The summed E-state index contributed by atoms with van der Waals surface area (Å²) in [5, 5.41) is 3.18. The Morgan fingerprint density at radius 2 is 2.04 bits per heavy atom. The molecule has 0 aliphatic carbocycles. The molecule has 7 nitrogen and oxygen atoms in total. The highest BCUT2D eigenvalue weighted by Crippen LogP contribution is 2.29. The van der Waals surface area contributed by atoms with E-state index in [4.69, 9.17) is 4.74 Å². The van der Waals surface area contributed by atoms with E-state index >= 15 is 0 Å². The van der Waals surface area contributed by atoms with E-state index in [1.807, 2.05) is 13.0 Å². The van der Waals surface area contributed by atoms with Gasteiger partial charge in [0.2, 0.25) is 5.91 Å². The number of amides is 1. The Hall–Kier alpha value is -3.00. The van der Waals surface area contributed by atoms with E-state index in [-0.39, 0.29) is 18.7 Å². The standard InChI is InChI=1S/C19H19N3O4S/c1-3-12-9-13(19(25)26-4-2)18(27-12)21-16(23)11-22-15-8-6-5-7-14(15)20-10-17(22)24/h5-10H,3-4,11H2,1-2H3,(H,21,23). The Kier molecular flexibility index (Phi) is 5.66. The summed E-state index contributed by atoms with van der Waals surface area (Å²) in [6, 6.07) is 8.83. The molecule has 0 fully saturated rings. The molecule has 0 saturated carbocycles. The number of esters is 1. The van der Waals surface area contributed by atoms with Crippen LogP contribution in [0.15, 0.2) is 41.3 Å². The second-order valence-electron chi connectivity index (χ2n) is 5.75. The van der Waals surface area contributed by atoms with Gasteiger partial charge in [-0.25, -0.2) is 9.78 Å². The van der Waals surface area contributed by atoms with Gasteiger partial charge in [0.05, 0.1) is 29.4 Å². The van der Waals surface area contributed by atoms with E-state index in [1.54, 1.807) is 31.2 Å². The van der Waals surface area contributed by atoms with Gasteiger partial charge in [0.1, 0.15) is 11.5 Å². The van der Waals surface area contributed by atoms with Crippen molar-refractivity contribution < 1.29 is 14.3 Å². The summed E-state index contributed by atoms with van der Waals surface area (Å²) < 4.78 is 6.41. The zero-order valence-corrected chi connectivity index (χ0v) is 15.8. The maximum atomic E-state index is 12.6. The van der Waals surface area contributed by atoms with Crippen LogP contribution in [0.1, 0.15) is 29.1 Å². The van der Waals surface area contributed by atoms with Crippen LogP contribution in [-0.2, 0) is 22.5 Å².